The fraction of sp³-hybridized carbons (Fsp3) is 0.857. The number of rotatable bonds is 6. The highest BCUT2D eigenvalue weighted by molar-refractivity contribution is 5.87. The molecule has 2 unspecified atom stereocenters. The topological polar surface area (TPSA) is 67.4 Å². The summed E-state index contributed by atoms with van der Waals surface area (Å²) in [4.78, 5) is 22.9. The third-order valence-electron chi connectivity index (χ3n) is 3.68. The molecule has 2 N–H and O–H groups in total. The van der Waals surface area contributed by atoms with Crippen molar-refractivity contribution in [3.05, 3.63) is 0 Å². The van der Waals surface area contributed by atoms with Gasteiger partial charge in [-0.15, -0.1) is 0 Å². The summed E-state index contributed by atoms with van der Waals surface area (Å²) < 4.78 is 5.79. The summed E-state index contributed by atoms with van der Waals surface area (Å²) in [6.07, 6.45) is 5.96. The minimum Gasteiger partial charge on any atom is -0.376 e. The molecule has 0 aromatic carbocycles. The van der Waals surface area contributed by atoms with Gasteiger partial charge < -0.3 is 15.4 Å². The first kappa shape index (κ1) is 16.0. The van der Waals surface area contributed by atoms with Crippen LogP contribution in [0.4, 0.5) is 0 Å². The Labute approximate surface area is 115 Å². The molecule has 19 heavy (non-hydrogen) atoms. The molecule has 110 valence electrons. The summed E-state index contributed by atoms with van der Waals surface area (Å²) >= 11 is 0. The maximum atomic E-state index is 11.7. The average Bonchev–Trinajstić information content (AvgIpc) is 2.42. The fourth-order valence-corrected chi connectivity index (χ4v) is 2.51. The van der Waals surface area contributed by atoms with Crippen LogP contribution in [-0.4, -0.2) is 37.6 Å². The lowest BCUT2D eigenvalue weighted by Gasteiger charge is -2.27. The van der Waals surface area contributed by atoms with Gasteiger partial charge >= 0.3 is 0 Å². The summed E-state index contributed by atoms with van der Waals surface area (Å²) in [5, 5.41) is 5.20. The number of ether oxygens (including phenoxy) is 1. The van der Waals surface area contributed by atoms with Crippen molar-refractivity contribution in [3.63, 3.8) is 0 Å². The van der Waals surface area contributed by atoms with Crippen LogP contribution in [-0.2, 0) is 14.3 Å². The number of likely N-dealkylation sites (N-methyl/N-ethyl adjacent to an activating group) is 1. The number of hydrogen-bond acceptors (Lipinski definition) is 3. The highest BCUT2D eigenvalue weighted by Gasteiger charge is 2.26. The number of amides is 2. The summed E-state index contributed by atoms with van der Waals surface area (Å²) in [6.45, 7) is 3.91. The summed E-state index contributed by atoms with van der Waals surface area (Å²) in [5.41, 5.74) is 0. The van der Waals surface area contributed by atoms with Crippen LogP contribution in [0.15, 0.2) is 0 Å². The second kappa shape index (κ2) is 8.15. The van der Waals surface area contributed by atoms with Gasteiger partial charge in [0.1, 0.15) is 6.04 Å². The molecule has 0 aliphatic heterocycles. The molecule has 0 spiro atoms. The van der Waals surface area contributed by atoms with Crippen LogP contribution >= 0.6 is 0 Å². The molecule has 1 aliphatic carbocycles. The van der Waals surface area contributed by atoms with Crippen LogP contribution in [0, 0.1) is 5.92 Å². The first-order valence-electron chi connectivity index (χ1n) is 7.15. The van der Waals surface area contributed by atoms with Gasteiger partial charge in [-0.3, -0.25) is 9.59 Å². The third-order valence-corrected chi connectivity index (χ3v) is 3.68. The molecule has 0 heterocycles. The second-order valence-corrected chi connectivity index (χ2v) is 5.33. The first-order valence-corrected chi connectivity index (χ1v) is 7.15. The predicted molar refractivity (Wildman–Crippen MR) is 73.7 cm³/mol. The summed E-state index contributed by atoms with van der Waals surface area (Å²) in [7, 11) is 1.56. The molecular weight excluding hydrogens is 244 g/mol. The number of carbonyl (C=O) groups excluding carboxylic acids is 2. The molecule has 1 rings (SSSR count). The van der Waals surface area contributed by atoms with Crippen LogP contribution in [0.2, 0.25) is 0 Å². The summed E-state index contributed by atoms with van der Waals surface area (Å²) in [6, 6.07) is -0.619. The van der Waals surface area contributed by atoms with Crippen LogP contribution in [0.5, 0.6) is 0 Å². The Hall–Kier alpha value is -1.10. The Balaban J connectivity index is 2.43. The Morgan fingerprint density at radius 1 is 1.26 bits per heavy atom. The Bertz CT molecular complexity index is 301. The minimum atomic E-state index is -0.619. The van der Waals surface area contributed by atoms with Crippen molar-refractivity contribution in [1.29, 1.82) is 0 Å². The molecular formula is C14H26N2O3. The molecule has 2 atom stereocenters. The van der Waals surface area contributed by atoms with Gasteiger partial charge in [0.2, 0.25) is 11.8 Å². The van der Waals surface area contributed by atoms with Crippen molar-refractivity contribution >= 4 is 11.8 Å². The molecule has 0 radical (unpaired) electrons. The highest BCUT2D eigenvalue weighted by Crippen LogP contribution is 2.24. The van der Waals surface area contributed by atoms with E-state index in [0.29, 0.717) is 12.5 Å². The molecule has 2 amide bonds. The zero-order valence-corrected chi connectivity index (χ0v) is 12.2. The smallest absolute Gasteiger partial charge is 0.245 e. The van der Waals surface area contributed by atoms with E-state index in [0.717, 1.165) is 0 Å². The quantitative estimate of drug-likeness (QED) is 0.762. The lowest BCUT2D eigenvalue weighted by atomic mass is 9.90. The average molecular weight is 270 g/mol. The zero-order valence-electron chi connectivity index (χ0n) is 12.2. The third kappa shape index (κ3) is 5.59. The van der Waals surface area contributed by atoms with Crippen LogP contribution in [0.3, 0.4) is 0 Å². The lowest BCUT2D eigenvalue weighted by molar-refractivity contribution is -0.132. The van der Waals surface area contributed by atoms with Crippen molar-refractivity contribution in [2.75, 3.05) is 13.7 Å². The molecule has 0 saturated heterocycles. The van der Waals surface area contributed by atoms with E-state index in [1.54, 1.807) is 7.05 Å². The number of hydrogen-bond donors (Lipinski definition) is 2. The highest BCUT2D eigenvalue weighted by atomic mass is 16.5. The van der Waals surface area contributed by atoms with Crippen molar-refractivity contribution in [1.82, 2.24) is 10.6 Å². The van der Waals surface area contributed by atoms with Gasteiger partial charge in [0.15, 0.2) is 0 Å². The van der Waals surface area contributed by atoms with E-state index in [4.69, 9.17) is 4.74 Å². The maximum Gasteiger partial charge on any atom is 0.245 e. The van der Waals surface area contributed by atoms with E-state index >= 15 is 0 Å². The number of carbonyl (C=O) groups is 2. The first-order chi connectivity index (χ1) is 9.04. The van der Waals surface area contributed by atoms with Gasteiger partial charge in [-0.2, -0.15) is 0 Å². The van der Waals surface area contributed by atoms with E-state index in [2.05, 4.69) is 10.6 Å². The predicted octanol–water partition coefficient (Wildman–Crippen LogP) is 1.22. The molecule has 1 saturated carbocycles. The van der Waals surface area contributed by atoms with Gasteiger partial charge in [0.05, 0.1) is 6.10 Å². The minimum absolute atomic E-state index is 0.216. The van der Waals surface area contributed by atoms with E-state index in [9.17, 15) is 9.59 Å². The molecule has 0 bridgehead atoms. The van der Waals surface area contributed by atoms with Gasteiger partial charge in [-0.1, -0.05) is 19.3 Å². The van der Waals surface area contributed by atoms with Crippen LogP contribution < -0.4 is 10.6 Å². The summed E-state index contributed by atoms with van der Waals surface area (Å²) in [5.74, 6) is 0.159. The Kier molecular flexibility index (Phi) is 6.84. The monoisotopic (exact) mass is 270 g/mol. The normalized spacial score (nSPS) is 19.5. The number of nitrogens with one attached hydrogen (secondary N) is 2. The van der Waals surface area contributed by atoms with Gasteiger partial charge in [-0.25, -0.2) is 0 Å². The lowest BCUT2D eigenvalue weighted by Crippen LogP contribution is -2.52. The van der Waals surface area contributed by atoms with E-state index in [1.807, 2.05) is 6.92 Å². The van der Waals surface area contributed by atoms with E-state index in [1.165, 1.54) is 39.0 Å². The molecule has 1 aliphatic rings. The fourth-order valence-electron chi connectivity index (χ4n) is 2.51. The largest absolute Gasteiger partial charge is 0.376 e. The van der Waals surface area contributed by atoms with E-state index in [-0.39, 0.29) is 17.9 Å². The van der Waals surface area contributed by atoms with E-state index < -0.39 is 6.04 Å². The maximum absolute atomic E-state index is 11.7. The van der Waals surface area contributed by atoms with Crippen molar-refractivity contribution in [2.24, 2.45) is 5.92 Å². The Morgan fingerprint density at radius 2 is 1.89 bits per heavy atom. The molecule has 5 heteroatoms. The van der Waals surface area contributed by atoms with Crippen molar-refractivity contribution < 1.29 is 14.3 Å². The van der Waals surface area contributed by atoms with Crippen LogP contribution in [0.25, 0.3) is 0 Å². The molecule has 5 nitrogen and oxygen atoms in total. The van der Waals surface area contributed by atoms with Gasteiger partial charge in [0, 0.05) is 20.6 Å². The molecule has 0 aromatic rings. The van der Waals surface area contributed by atoms with Crippen LogP contribution in [0.1, 0.15) is 46.0 Å². The van der Waals surface area contributed by atoms with Crippen molar-refractivity contribution in [3.8, 4) is 0 Å². The molecule has 1 fully saturated rings. The SMILES string of the molecule is CNC(=O)C(NC(C)=O)C(C)OCC1CCCCC1. The van der Waals surface area contributed by atoms with Crippen molar-refractivity contribution in [2.45, 2.75) is 58.1 Å². The zero-order chi connectivity index (χ0) is 14.3. The Morgan fingerprint density at radius 3 is 2.42 bits per heavy atom. The van der Waals surface area contributed by atoms with Gasteiger partial charge in [-0.05, 0) is 25.7 Å². The molecule has 0 aromatic heterocycles. The standard InChI is InChI=1S/C14H26N2O3/c1-10(13(14(18)15-3)16-11(2)17)19-9-12-7-5-4-6-8-12/h10,12-13H,4-9H2,1-3H3,(H,15,18)(H,16,17). The second-order valence-electron chi connectivity index (χ2n) is 5.33. The van der Waals surface area contributed by atoms with Gasteiger partial charge in [0.25, 0.3) is 0 Å².